The lowest BCUT2D eigenvalue weighted by Gasteiger charge is -2.16. The summed E-state index contributed by atoms with van der Waals surface area (Å²) in [6, 6.07) is 6.59. The van der Waals surface area contributed by atoms with Crippen molar-refractivity contribution in [2.75, 3.05) is 0 Å². The predicted octanol–water partition coefficient (Wildman–Crippen LogP) is 1.32. The topological polar surface area (TPSA) is 75.3 Å². The molecular weight excluding hydrogens is 228 g/mol. The minimum atomic E-state index is -0.518. The normalized spacial score (nSPS) is 17.6. The van der Waals surface area contributed by atoms with Crippen LogP contribution in [0.3, 0.4) is 0 Å². The second-order valence-electron chi connectivity index (χ2n) is 4.97. The zero-order chi connectivity index (χ0) is 13.0. The molecule has 4 nitrogen and oxygen atoms in total. The molecule has 18 heavy (non-hydrogen) atoms. The maximum atomic E-state index is 11.9. The van der Waals surface area contributed by atoms with Crippen LogP contribution in [0, 0.1) is 0 Å². The molecule has 1 aromatic rings. The van der Waals surface area contributed by atoms with Gasteiger partial charge in [-0.25, -0.2) is 0 Å². The smallest absolute Gasteiger partial charge is 0.237 e. The molecule has 1 aliphatic rings. The van der Waals surface area contributed by atoms with Gasteiger partial charge in [0.05, 0.1) is 6.04 Å². The van der Waals surface area contributed by atoms with E-state index in [2.05, 4.69) is 5.32 Å². The molecule has 4 heteroatoms. The molecule has 98 valence electrons. The summed E-state index contributed by atoms with van der Waals surface area (Å²) in [6.07, 6.45) is 5.02. The minimum absolute atomic E-state index is 0.0741. The molecule has 0 aliphatic heterocycles. The van der Waals surface area contributed by atoms with E-state index in [1.54, 1.807) is 24.3 Å². The fourth-order valence-electron chi connectivity index (χ4n) is 2.36. The van der Waals surface area contributed by atoms with Gasteiger partial charge in [-0.05, 0) is 37.0 Å². The SMILES string of the molecule is N[C@H](Cc1ccc(O)cc1)C(=O)NC1CCCC1. The van der Waals surface area contributed by atoms with E-state index in [4.69, 9.17) is 5.73 Å². The number of amides is 1. The molecule has 0 radical (unpaired) electrons. The number of carbonyl (C=O) groups excluding carboxylic acids is 1. The minimum Gasteiger partial charge on any atom is -0.508 e. The fourth-order valence-corrected chi connectivity index (χ4v) is 2.36. The van der Waals surface area contributed by atoms with Crippen LogP contribution in [0.25, 0.3) is 0 Å². The van der Waals surface area contributed by atoms with Crippen LogP contribution in [-0.4, -0.2) is 23.1 Å². The van der Waals surface area contributed by atoms with Crippen LogP contribution in [0.1, 0.15) is 31.2 Å². The average molecular weight is 248 g/mol. The van der Waals surface area contributed by atoms with Gasteiger partial charge in [-0.15, -0.1) is 0 Å². The Bertz CT molecular complexity index is 397. The van der Waals surface area contributed by atoms with Crippen molar-refractivity contribution >= 4 is 5.91 Å². The first kappa shape index (κ1) is 12.9. The van der Waals surface area contributed by atoms with E-state index >= 15 is 0 Å². The van der Waals surface area contributed by atoms with Crippen molar-refractivity contribution in [3.63, 3.8) is 0 Å². The molecule has 1 aliphatic carbocycles. The van der Waals surface area contributed by atoms with Crippen molar-refractivity contribution < 1.29 is 9.90 Å². The standard InChI is InChI=1S/C14H20N2O2/c15-13(9-10-5-7-12(17)8-6-10)14(18)16-11-3-1-2-4-11/h5-8,11,13,17H,1-4,9,15H2,(H,16,18)/t13-/m1/s1. The lowest BCUT2D eigenvalue weighted by atomic mass is 10.1. The highest BCUT2D eigenvalue weighted by Gasteiger charge is 2.20. The van der Waals surface area contributed by atoms with Gasteiger partial charge in [0.25, 0.3) is 0 Å². The predicted molar refractivity (Wildman–Crippen MR) is 70.2 cm³/mol. The second kappa shape index (κ2) is 5.87. The van der Waals surface area contributed by atoms with E-state index in [9.17, 15) is 9.90 Å². The van der Waals surface area contributed by atoms with Crippen LogP contribution in [0.5, 0.6) is 5.75 Å². The Labute approximate surface area is 107 Å². The number of phenols is 1. The number of benzene rings is 1. The molecule has 0 bridgehead atoms. The van der Waals surface area contributed by atoms with Gasteiger partial charge in [-0.1, -0.05) is 25.0 Å². The number of aromatic hydroxyl groups is 1. The van der Waals surface area contributed by atoms with Crippen molar-refractivity contribution in [3.05, 3.63) is 29.8 Å². The quantitative estimate of drug-likeness (QED) is 0.752. The van der Waals surface area contributed by atoms with E-state index in [1.807, 2.05) is 0 Å². The molecule has 0 aromatic heterocycles. The van der Waals surface area contributed by atoms with Gasteiger partial charge in [-0.2, -0.15) is 0 Å². The lowest BCUT2D eigenvalue weighted by molar-refractivity contribution is -0.123. The molecule has 1 fully saturated rings. The third-order valence-electron chi connectivity index (χ3n) is 3.43. The Morgan fingerprint density at radius 1 is 1.33 bits per heavy atom. The van der Waals surface area contributed by atoms with Crippen molar-refractivity contribution in [2.45, 2.75) is 44.2 Å². The molecule has 1 saturated carbocycles. The highest BCUT2D eigenvalue weighted by molar-refractivity contribution is 5.82. The van der Waals surface area contributed by atoms with Crippen molar-refractivity contribution in [3.8, 4) is 5.75 Å². The Kier molecular flexibility index (Phi) is 4.20. The zero-order valence-corrected chi connectivity index (χ0v) is 10.4. The number of carbonyl (C=O) groups is 1. The number of hydrogen-bond donors (Lipinski definition) is 3. The number of nitrogens with two attached hydrogens (primary N) is 1. The third kappa shape index (κ3) is 3.47. The summed E-state index contributed by atoms with van der Waals surface area (Å²) in [7, 11) is 0. The number of nitrogens with one attached hydrogen (secondary N) is 1. The lowest BCUT2D eigenvalue weighted by Crippen LogP contribution is -2.45. The monoisotopic (exact) mass is 248 g/mol. The third-order valence-corrected chi connectivity index (χ3v) is 3.43. The number of phenolic OH excluding ortho intramolecular Hbond substituents is 1. The van der Waals surface area contributed by atoms with Gasteiger partial charge in [-0.3, -0.25) is 4.79 Å². The summed E-state index contributed by atoms with van der Waals surface area (Å²) < 4.78 is 0. The maximum absolute atomic E-state index is 11.9. The van der Waals surface area contributed by atoms with Gasteiger partial charge in [0, 0.05) is 6.04 Å². The molecule has 1 aromatic carbocycles. The van der Waals surface area contributed by atoms with Crippen molar-refractivity contribution in [1.29, 1.82) is 0 Å². The summed E-state index contributed by atoms with van der Waals surface area (Å²) >= 11 is 0. The van der Waals surface area contributed by atoms with E-state index < -0.39 is 6.04 Å². The van der Waals surface area contributed by atoms with Gasteiger partial charge >= 0.3 is 0 Å². The molecule has 2 rings (SSSR count). The van der Waals surface area contributed by atoms with E-state index in [0.717, 1.165) is 18.4 Å². The zero-order valence-electron chi connectivity index (χ0n) is 10.4. The maximum Gasteiger partial charge on any atom is 0.237 e. The van der Waals surface area contributed by atoms with Gasteiger partial charge in [0.2, 0.25) is 5.91 Å². The van der Waals surface area contributed by atoms with Gasteiger partial charge in [0.15, 0.2) is 0 Å². The first-order valence-electron chi connectivity index (χ1n) is 6.49. The molecule has 1 atom stereocenters. The molecule has 0 spiro atoms. The molecule has 4 N–H and O–H groups in total. The fraction of sp³-hybridized carbons (Fsp3) is 0.500. The van der Waals surface area contributed by atoms with Crippen molar-refractivity contribution in [1.82, 2.24) is 5.32 Å². The average Bonchev–Trinajstić information content (AvgIpc) is 2.85. The summed E-state index contributed by atoms with van der Waals surface area (Å²) in [5.74, 6) is 0.151. The van der Waals surface area contributed by atoms with Crippen LogP contribution >= 0.6 is 0 Å². The van der Waals surface area contributed by atoms with Gasteiger partial charge in [0.1, 0.15) is 5.75 Å². The summed E-state index contributed by atoms with van der Waals surface area (Å²) in [4.78, 5) is 11.9. The molecule has 0 heterocycles. The number of hydrogen-bond acceptors (Lipinski definition) is 3. The summed E-state index contributed by atoms with van der Waals surface area (Å²) in [5, 5.41) is 12.2. The van der Waals surface area contributed by atoms with Crippen LogP contribution in [0.2, 0.25) is 0 Å². The number of rotatable bonds is 4. The van der Waals surface area contributed by atoms with E-state index in [0.29, 0.717) is 12.5 Å². The Hall–Kier alpha value is -1.55. The highest BCUT2D eigenvalue weighted by Crippen LogP contribution is 2.18. The van der Waals surface area contributed by atoms with Crippen LogP contribution in [0.4, 0.5) is 0 Å². The van der Waals surface area contributed by atoms with E-state index in [-0.39, 0.29) is 11.7 Å². The second-order valence-corrected chi connectivity index (χ2v) is 4.97. The van der Waals surface area contributed by atoms with Crippen LogP contribution < -0.4 is 11.1 Å². The Balaban J connectivity index is 1.84. The molecular formula is C14H20N2O2. The molecule has 0 saturated heterocycles. The van der Waals surface area contributed by atoms with E-state index in [1.165, 1.54) is 12.8 Å². The molecule has 0 unspecified atom stereocenters. The first-order valence-corrected chi connectivity index (χ1v) is 6.49. The van der Waals surface area contributed by atoms with Crippen LogP contribution in [-0.2, 0) is 11.2 Å². The largest absolute Gasteiger partial charge is 0.508 e. The van der Waals surface area contributed by atoms with Crippen LogP contribution in [0.15, 0.2) is 24.3 Å². The highest BCUT2D eigenvalue weighted by atomic mass is 16.3. The summed E-state index contributed by atoms with van der Waals surface area (Å²) in [5.41, 5.74) is 6.85. The first-order chi connectivity index (χ1) is 8.65. The van der Waals surface area contributed by atoms with Gasteiger partial charge < -0.3 is 16.2 Å². The Morgan fingerprint density at radius 2 is 1.94 bits per heavy atom. The molecule has 1 amide bonds. The Morgan fingerprint density at radius 3 is 2.56 bits per heavy atom. The van der Waals surface area contributed by atoms with Crippen molar-refractivity contribution in [2.24, 2.45) is 5.73 Å². The summed E-state index contributed by atoms with van der Waals surface area (Å²) in [6.45, 7) is 0.